The van der Waals surface area contributed by atoms with Crippen molar-refractivity contribution in [2.75, 3.05) is 33.2 Å². The fourth-order valence-electron chi connectivity index (χ4n) is 2.94. The number of nitrogens with zero attached hydrogens (tertiary/aromatic N) is 3. The van der Waals surface area contributed by atoms with Gasteiger partial charge in [-0.15, -0.1) is 0 Å². The first-order chi connectivity index (χ1) is 10.0. The molecule has 0 spiro atoms. The summed E-state index contributed by atoms with van der Waals surface area (Å²) in [4.78, 5) is 2.32. The van der Waals surface area contributed by atoms with Gasteiger partial charge < -0.3 is 5.32 Å². The zero-order valence-electron chi connectivity index (χ0n) is 13.0. The zero-order chi connectivity index (χ0) is 15.5. The van der Waals surface area contributed by atoms with Gasteiger partial charge in [0, 0.05) is 31.2 Å². The lowest BCUT2D eigenvalue weighted by Crippen LogP contribution is -2.38. The van der Waals surface area contributed by atoms with Gasteiger partial charge in [0.25, 0.3) is 10.0 Å². The highest BCUT2D eigenvalue weighted by atomic mass is 32.2. The summed E-state index contributed by atoms with van der Waals surface area (Å²) >= 11 is 0. The van der Waals surface area contributed by atoms with E-state index in [1.807, 2.05) is 0 Å². The Kier molecular flexibility index (Phi) is 5.37. The fourth-order valence-corrected chi connectivity index (χ4v) is 4.53. The van der Waals surface area contributed by atoms with Crippen LogP contribution in [0.25, 0.3) is 0 Å². The average Bonchev–Trinajstić information content (AvgIpc) is 3.10. The quantitative estimate of drug-likeness (QED) is 0.753. The first-order valence-corrected chi connectivity index (χ1v) is 8.89. The van der Waals surface area contributed by atoms with Crippen molar-refractivity contribution >= 4 is 10.0 Å². The van der Waals surface area contributed by atoms with Crippen LogP contribution in [0.3, 0.4) is 0 Å². The van der Waals surface area contributed by atoms with Gasteiger partial charge in [0.1, 0.15) is 0 Å². The van der Waals surface area contributed by atoms with Crippen LogP contribution < -0.4 is 5.32 Å². The summed E-state index contributed by atoms with van der Waals surface area (Å²) in [5.74, 6) is 0. The van der Waals surface area contributed by atoms with Gasteiger partial charge in [0.2, 0.25) is 0 Å². The second kappa shape index (κ2) is 6.87. The molecule has 1 unspecified atom stereocenters. The highest BCUT2D eigenvalue weighted by Crippen LogP contribution is 2.24. The summed E-state index contributed by atoms with van der Waals surface area (Å²) in [5, 5.41) is 9.72. The maximum Gasteiger partial charge on any atom is 0.260 e. The Morgan fingerprint density at radius 2 is 2.19 bits per heavy atom. The Morgan fingerprint density at radius 1 is 1.48 bits per heavy atom. The van der Waals surface area contributed by atoms with E-state index < -0.39 is 10.0 Å². The minimum absolute atomic E-state index is 0.219. The number of likely N-dealkylation sites (N-methyl/N-ethyl adjacent to an activating group) is 1. The minimum atomic E-state index is -3.48. The molecular formula is C13H25N5O2S. The van der Waals surface area contributed by atoms with Crippen LogP contribution in [0.15, 0.2) is 11.2 Å². The smallest absolute Gasteiger partial charge is 0.260 e. The number of aromatic nitrogens is 2. The third-order valence-corrected chi connectivity index (χ3v) is 5.98. The van der Waals surface area contributed by atoms with Crippen molar-refractivity contribution in [3.63, 3.8) is 0 Å². The lowest BCUT2D eigenvalue weighted by atomic mass is 10.2. The Balaban J connectivity index is 2.16. The van der Waals surface area contributed by atoms with Gasteiger partial charge >= 0.3 is 0 Å². The molecule has 0 amide bonds. The van der Waals surface area contributed by atoms with E-state index in [2.05, 4.69) is 34.3 Å². The summed E-state index contributed by atoms with van der Waals surface area (Å²) < 4.78 is 27.1. The number of rotatable bonds is 7. The van der Waals surface area contributed by atoms with E-state index in [9.17, 15) is 8.42 Å². The normalized spacial score (nSPS) is 20.5. The predicted octanol–water partition coefficient (Wildman–Crippen LogP) is 0.234. The monoisotopic (exact) mass is 315 g/mol. The first-order valence-electron chi connectivity index (χ1n) is 7.45. The van der Waals surface area contributed by atoms with Crippen LogP contribution in [0, 0.1) is 0 Å². The molecule has 0 aromatic carbocycles. The van der Waals surface area contributed by atoms with Crippen LogP contribution >= 0.6 is 0 Å². The standard InChI is InChI=1S/C13H25N5O2S/c1-4-17(5-2)12-6-7-18(10-12)21(19,20)13-11(8-14-3)9-15-16-13/h9,12,14H,4-8,10H2,1-3H3,(H,15,16). The molecule has 21 heavy (non-hydrogen) atoms. The number of nitrogens with one attached hydrogen (secondary N) is 2. The highest BCUT2D eigenvalue weighted by molar-refractivity contribution is 7.89. The van der Waals surface area contributed by atoms with E-state index in [4.69, 9.17) is 0 Å². The van der Waals surface area contributed by atoms with E-state index in [1.54, 1.807) is 17.5 Å². The van der Waals surface area contributed by atoms with Gasteiger partial charge in [0.15, 0.2) is 5.03 Å². The van der Waals surface area contributed by atoms with Crippen molar-refractivity contribution in [2.24, 2.45) is 0 Å². The van der Waals surface area contributed by atoms with E-state index in [-0.39, 0.29) is 5.03 Å². The molecule has 0 saturated carbocycles. The molecule has 0 radical (unpaired) electrons. The molecule has 8 heteroatoms. The van der Waals surface area contributed by atoms with Gasteiger partial charge in [-0.25, -0.2) is 8.42 Å². The summed E-state index contributed by atoms with van der Waals surface area (Å²) in [6.07, 6.45) is 2.46. The van der Waals surface area contributed by atoms with E-state index in [1.165, 1.54) is 0 Å². The first kappa shape index (κ1) is 16.4. The molecule has 1 saturated heterocycles. The van der Waals surface area contributed by atoms with Crippen LogP contribution in [0.1, 0.15) is 25.8 Å². The molecule has 1 aliphatic heterocycles. The molecule has 2 heterocycles. The molecule has 2 N–H and O–H groups in total. The van der Waals surface area contributed by atoms with Crippen LogP contribution in [0.2, 0.25) is 0 Å². The van der Waals surface area contributed by atoms with Crippen LogP contribution in [-0.2, 0) is 16.6 Å². The fraction of sp³-hybridized carbons (Fsp3) is 0.769. The third kappa shape index (κ3) is 3.28. The third-order valence-electron chi connectivity index (χ3n) is 4.10. The van der Waals surface area contributed by atoms with Gasteiger partial charge in [0.05, 0.1) is 6.20 Å². The second-order valence-electron chi connectivity index (χ2n) is 5.28. The zero-order valence-corrected chi connectivity index (χ0v) is 13.8. The Hall–Kier alpha value is -0.960. The molecule has 120 valence electrons. The second-order valence-corrected chi connectivity index (χ2v) is 7.16. The number of sulfonamides is 1. The van der Waals surface area contributed by atoms with Gasteiger partial charge in [-0.3, -0.25) is 10.00 Å². The number of aromatic amines is 1. The van der Waals surface area contributed by atoms with Crippen molar-refractivity contribution in [3.05, 3.63) is 11.8 Å². The Bertz CT molecular complexity index is 553. The van der Waals surface area contributed by atoms with E-state index in [0.717, 1.165) is 19.5 Å². The van der Waals surface area contributed by atoms with E-state index >= 15 is 0 Å². The summed E-state index contributed by atoms with van der Waals surface area (Å²) in [7, 11) is -1.70. The highest BCUT2D eigenvalue weighted by Gasteiger charge is 2.36. The number of hydrogen-bond acceptors (Lipinski definition) is 5. The van der Waals surface area contributed by atoms with Gasteiger partial charge in [-0.2, -0.15) is 9.40 Å². The molecule has 7 nitrogen and oxygen atoms in total. The van der Waals surface area contributed by atoms with Gasteiger partial charge in [-0.05, 0) is 26.6 Å². The molecule has 1 atom stereocenters. The van der Waals surface area contributed by atoms with Crippen LogP contribution in [0.4, 0.5) is 0 Å². The molecule has 1 aromatic heterocycles. The average molecular weight is 315 g/mol. The van der Waals surface area contributed by atoms with Crippen LogP contribution in [-0.4, -0.2) is 67.1 Å². The molecular weight excluding hydrogens is 290 g/mol. The number of hydrogen-bond donors (Lipinski definition) is 2. The minimum Gasteiger partial charge on any atom is -0.316 e. The largest absolute Gasteiger partial charge is 0.316 e. The van der Waals surface area contributed by atoms with Crippen molar-refractivity contribution in [1.29, 1.82) is 0 Å². The summed E-state index contributed by atoms with van der Waals surface area (Å²) in [6, 6.07) is 0.311. The molecule has 1 fully saturated rings. The maximum atomic E-state index is 12.7. The van der Waals surface area contributed by atoms with Crippen molar-refractivity contribution < 1.29 is 8.42 Å². The molecule has 2 rings (SSSR count). The van der Waals surface area contributed by atoms with Crippen molar-refractivity contribution in [1.82, 2.24) is 24.7 Å². The SMILES string of the molecule is CCN(CC)C1CCN(S(=O)(=O)c2[nH]ncc2CNC)C1. The molecule has 1 aliphatic rings. The lowest BCUT2D eigenvalue weighted by Gasteiger charge is -2.26. The van der Waals surface area contributed by atoms with Crippen LogP contribution in [0.5, 0.6) is 0 Å². The lowest BCUT2D eigenvalue weighted by molar-refractivity contribution is 0.224. The predicted molar refractivity (Wildman–Crippen MR) is 81.4 cm³/mol. The molecule has 0 bridgehead atoms. The Labute approximate surface area is 126 Å². The van der Waals surface area contributed by atoms with Gasteiger partial charge in [-0.1, -0.05) is 13.8 Å². The van der Waals surface area contributed by atoms with Crippen molar-refractivity contribution in [3.8, 4) is 0 Å². The van der Waals surface area contributed by atoms with Crippen molar-refractivity contribution in [2.45, 2.75) is 37.9 Å². The molecule has 1 aromatic rings. The summed E-state index contributed by atoms with van der Waals surface area (Å²) in [5.41, 5.74) is 0.684. The topological polar surface area (TPSA) is 81.3 Å². The molecule has 0 aliphatic carbocycles. The Morgan fingerprint density at radius 3 is 2.81 bits per heavy atom. The maximum absolute atomic E-state index is 12.7. The van der Waals surface area contributed by atoms with E-state index in [0.29, 0.717) is 31.2 Å². The summed E-state index contributed by atoms with van der Waals surface area (Å²) in [6.45, 7) is 7.73. The number of H-pyrrole nitrogens is 1.